The Morgan fingerprint density at radius 3 is 2.77 bits per heavy atom. The number of piperidine rings is 1. The summed E-state index contributed by atoms with van der Waals surface area (Å²) >= 11 is 0. The number of H-pyrrole nitrogens is 1. The molecule has 1 aliphatic rings. The summed E-state index contributed by atoms with van der Waals surface area (Å²) in [4.78, 5) is 33.0. The van der Waals surface area contributed by atoms with Crippen molar-refractivity contribution in [2.75, 3.05) is 18.4 Å². The zero-order valence-corrected chi connectivity index (χ0v) is 17.5. The molecule has 9 heteroatoms. The smallest absolute Gasteiger partial charge is 0.410 e. The third kappa shape index (κ3) is 4.30. The molecule has 2 N–H and O–H groups in total. The number of nitrogens with zero attached hydrogens (tertiary/aromatic N) is 2. The van der Waals surface area contributed by atoms with Crippen molar-refractivity contribution in [2.45, 2.75) is 45.0 Å². The number of pyridine rings is 2. The highest BCUT2D eigenvalue weighted by Crippen LogP contribution is 2.30. The van der Waals surface area contributed by atoms with Crippen LogP contribution in [-0.2, 0) is 4.74 Å². The van der Waals surface area contributed by atoms with Gasteiger partial charge in [-0.3, -0.25) is 4.79 Å². The van der Waals surface area contributed by atoms with Gasteiger partial charge in [0.25, 0.3) is 5.56 Å². The first kappa shape index (κ1) is 21.0. The van der Waals surface area contributed by atoms with Gasteiger partial charge in [0.05, 0.1) is 23.5 Å². The summed E-state index contributed by atoms with van der Waals surface area (Å²) in [6.45, 7) is 5.50. The number of hydrogen-bond donors (Lipinski definition) is 2. The number of halogens is 2. The predicted molar refractivity (Wildman–Crippen MR) is 115 cm³/mol. The Kier molecular flexibility index (Phi) is 5.28. The third-order valence-electron chi connectivity index (χ3n) is 5.19. The van der Waals surface area contributed by atoms with E-state index in [0.29, 0.717) is 35.1 Å². The number of carbonyl (C=O) groups excluding carboxylic acids is 1. The van der Waals surface area contributed by atoms with E-state index >= 15 is 0 Å². The number of carbonyl (C=O) groups is 1. The molecule has 2 aromatic heterocycles. The Morgan fingerprint density at radius 2 is 2.06 bits per heavy atom. The number of amides is 1. The SMILES string of the molecule is CC(C)(C)OC(=O)N1CCC(Nc2nc3cc[nH]c(=O)c3c3cc(F)ccc23)C(F)C1. The Hall–Kier alpha value is -3.23. The molecule has 1 fully saturated rings. The molecule has 1 amide bonds. The Bertz CT molecular complexity index is 1210. The lowest BCUT2D eigenvalue weighted by molar-refractivity contribution is 0.0125. The third-order valence-corrected chi connectivity index (χ3v) is 5.19. The number of hydrogen-bond acceptors (Lipinski definition) is 5. The van der Waals surface area contributed by atoms with Crippen LogP contribution in [0.25, 0.3) is 21.7 Å². The number of nitrogens with one attached hydrogen (secondary N) is 2. The summed E-state index contributed by atoms with van der Waals surface area (Å²) in [6.07, 6.45) is -0.0896. The van der Waals surface area contributed by atoms with Crippen molar-refractivity contribution in [2.24, 2.45) is 0 Å². The first-order chi connectivity index (χ1) is 14.6. The van der Waals surface area contributed by atoms with E-state index in [1.807, 2.05) is 0 Å². The number of benzene rings is 1. The molecule has 7 nitrogen and oxygen atoms in total. The molecular formula is C22H24F2N4O3. The van der Waals surface area contributed by atoms with Crippen LogP contribution in [-0.4, -0.2) is 51.9 Å². The number of aromatic amines is 1. The highest BCUT2D eigenvalue weighted by atomic mass is 19.1. The standard InChI is InChI=1S/C22H24F2N4O3/c1-22(2,3)31-21(30)28-9-7-16(15(24)11-28)26-19-13-5-4-12(23)10-14(13)18-17(27-19)6-8-25-20(18)29/h4-6,8,10,15-16H,7,9,11H2,1-3H3,(H,25,29)(H,26,27). The fraction of sp³-hybridized carbons (Fsp3) is 0.409. The molecule has 1 aliphatic heterocycles. The number of ether oxygens (including phenoxy) is 1. The molecule has 2 unspecified atom stereocenters. The molecule has 31 heavy (non-hydrogen) atoms. The van der Waals surface area contributed by atoms with Crippen LogP contribution in [0.3, 0.4) is 0 Å². The van der Waals surface area contributed by atoms with E-state index in [0.717, 1.165) is 0 Å². The second-order valence-electron chi connectivity index (χ2n) is 8.70. The minimum atomic E-state index is -1.35. The summed E-state index contributed by atoms with van der Waals surface area (Å²) < 4.78 is 34.2. The van der Waals surface area contributed by atoms with Crippen molar-refractivity contribution >= 4 is 33.6 Å². The Morgan fingerprint density at radius 1 is 1.29 bits per heavy atom. The van der Waals surface area contributed by atoms with Crippen LogP contribution in [0, 0.1) is 5.82 Å². The van der Waals surface area contributed by atoms with Crippen LogP contribution in [0.1, 0.15) is 27.2 Å². The maximum absolute atomic E-state index is 15.0. The molecule has 1 saturated heterocycles. The topological polar surface area (TPSA) is 87.3 Å². The second kappa shape index (κ2) is 7.79. The molecule has 0 saturated carbocycles. The highest BCUT2D eigenvalue weighted by molar-refractivity contribution is 6.09. The largest absolute Gasteiger partial charge is 0.444 e. The zero-order valence-electron chi connectivity index (χ0n) is 17.5. The molecule has 0 radical (unpaired) electrons. The molecular weight excluding hydrogens is 406 g/mol. The molecule has 3 heterocycles. The lowest BCUT2D eigenvalue weighted by Crippen LogP contribution is -2.51. The van der Waals surface area contributed by atoms with E-state index in [2.05, 4.69) is 15.3 Å². The molecule has 0 aliphatic carbocycles. The number of anilines is 1. The zero-order chi connectivity index (χ0) is 22.3. The number of likely N-dealkylation sites (tertiary alicyclic amines) is 1. The van der Waals surface area contributed by atoms with Gasteiger partial charge >= 0.3 is 6.09 Å². The van der Waals surface area contributed by atoms with Crippen LogP contribution in [0.5, 0.6) is 0 Å². The normalized spacial score (nSPS) is 19.6. The number of alkyl halides is 1. The van der Waals surface area contributed by atoms with Crippen LogP contribution in [0.15, 0.2) is 35.3 Å². The Labute approximate surface area is 177 Å². The van der Waals surface area contributed by atoms with E-state index in [-0.39, 0.29) is 17.5 Å². The maximum Gasteiger partial charge on any atom is 0.410 e. The number of rotatable bonds is 2. The van der Waals surface area contributed by atoms with Gasteiger partial charge in [-0.25, -0.2) is 18.6 Å². The molecule has 3 aromatic rings. The molecule has 164 valence electrons. The van der Waals surface area contributed by atoms with Crippen LogP contribution in [0.4, 0.5) is 19.4 Å². The highest BCUT2D eigenvalue weighted by Gasteiger charge is 2.34. The molecule has 2 atom stereocenters. The van der Waals surface area contributed by atoms with Crippen LogP contribution in [0.2, 0.25) is 0 Å². The molecule has 4 rings (SSSR count). The average Bonchev–Trinajstić information content (AvgIpc) is 2.68. The van der Waals surface area contributed by atoms with Gasteiger partial charge in [0.2, 0.25) is 0 Å². The van der Waals surface area contributed by atoms with Crippen LogP contribution < -0.4 is 10.9 Å². The van der Waals surface area contributed by atoms with Gasteiger partial charge in [-0.05, 0) is 51.5 Å². The molecule has 0 bridgehead atoms. The average molecular weight is 430 g/mol. The van der Waals surface area contributed by atoms with Crippen molar-refractivity contribution in [3.05, 3.63) is 46.6 Å². The number of aromatic nitrogens is 2. The van der Waals surface area contributed by atoms with Gasteiger partial charge in [0.1, 0.15) is 23.4 Å². The van der Waals surface area contributed by atoms with Crippen LogP contribution >= 0.6 is 0 Å². The van der Waals surface area contributed by atoms with E-state index in [4.69, 9.17) is 4.74 Å². The van der Waals surface area contributed by atoms with Gasteiger partial charge in [-0.2, -0.15) is 0 Å². The lowest BCUT2D eigenvalue weighted by Gasteiger charge is -2.36. The van der Waals surface area contributed by atoms with E-state index in [1.165, 1.54) is 29.3 Å². The molecule has 0 spiro atoms. The quantitative estimate of drug-likeness (QED) is 0.601. The summed E-state index contributed by atoms with van der Waals surface area (Å²) in [5.41, 5.74) is -0.647. The fourth-order valence-corrected chi connectivity index (χ4v) is 3.78. The number of fused-ring (bicyclic) bond motifs is 3. The van der Waals surface area contributed by atoms with Gasteiger partial charge in [-0.15, -0.1) is 0 Å². The van der Waals surface area contributed by atoms with E-state index in [1.54, 1.807) is 26.8 Å². The fourth-order valence-electron chi connectivity index (χ4n) is 3.78. The summed E-state index contributed by atoms with van der Waals surface area (Å²) in [5.74, 6) is -0.116. The monoisotopic (exact) mass is 430 g/mol. The molecule has 1 aromatic carbocycles. The van der Waals surface area contributed by atoms with E-state index in [9.17, 15) is 18.4 Å². The van der Waals surface area contributed by atoms with Crippen molar-refractivity contribution in [3.63, 3.8) is 0 Å². The first-order valence-corrected chi connectivity index (χ1v) is 10.1. The van der Waals surface area contributed by atoms with Gasteiger partial charge < -0.3 is 19.9 Å². The van der Waals surface area contributed by atoms with Crippen molar-refractivity contribution in [3.8, 4) is 0 Å². The minimum Gasteiger partial charge on any atom is -0.444 e. The minimum absolute atomic E-state index is 0.105. The predicted octanol–water partition coefficient (Wildman–Crippen LogP) is 3.97. The lowest BCUT2D eigenvalue weighted by atomic mass is 10.0. The van der Waals surface area contributed by atoms with E-state index < -0.39 is 29.7 Å². The summed E-state index contributed by atoms with van der Waals surface area (Å²) in [6, 6.07) is 5.09. The van der Waals surface area contributed by atoms with Gasteiger partial charge in [0.15, 0.2) is 0 Å². The second-order valence-corrected chi connectivity index (χ2v) is 8.70. The van der Waals surface area contributed by atoms with Crippen molar-refractivity contribution in [1.82, 2.24) is 14.9 Å². The van der Waals surface area contributed by atoms with Gasteiger partial charge in [-0.1, -0.05) is 0 Å². The van der Waals surface area contributed by atoms with Crippen molar-refractivity contribution in [1.29, 1.82) is 0 Å². The van der Waals surface area contributed by atoms with Gasteiger partial charge in [0, 0.05) is 23.5 Å². The van der Waals surface area contributed by atoms with Crippen molar-refractivity contribution < 1.29 is 18.3 Å². The summed E-state index contributed by atoms with van der Waals surface area (Å²) in [5, 5.41) is 4.31. The maximum atomic E-state index is 15.0. The Balaban J connectivity index is 1.62. The first-order valence-electron chi connectivity index (χ1n) is 10.1. The summed E-state index contributed by atoms with van der Waals surface area (Å²) in [7, 11) is 0.